The minimum atomic E-state index is -0.461. The van der Waals surface area contributed by atoms with Gasteiger partial charge in [0, 0.05) is 21.7 Å². The molecule has 2 nitrogen and oxygen atoms in total. The fourth-order valence-electron chi connectivity index (χ4n) is 1.09. The van der Waals surface area contributed by atoms with Crippen molar-refractivity contribution in [3.63, 3.8) is 0 Å². The van der Waals surface area contributed by atoms with Crippen LogP contribution in [0.5, 0.6) is 0 Å². The van der Waals surface area contributed by atoms with E-state index in [0.29, 0.717) is 22.3 Å². The minimum absolute atomic E-state index is 0.0797. The molecule has 0 heterocycles. The number of thioether (sulfide) groups is 1. The van der Waals surface area contributed by atoms with Crippen LogP contribution >= 0.6 is 35.0 Å². The molecule has 3 N–H and O–H groups in total. The zero-order valence-corrected chi connectivity index (χ0v) is 11.3. The highest BCUT2D eigenvalue weighted by molar-refractivity contribution is 7.98. The molecule has 0 fully saturated rings. The Hall–Kier alpha value is 0.0700. The van der Waals surface area contributed by atoms with Crippen molar-refractivity contribution in [2.45, 2.75) is 18.1 Å². The average molecular weight is 280 g/mol. The van der Waals surface area contributed by atoms with Crippen LogP contribution in [-0.4, -0.2) is 17.1 Å². The summed E-state index contributed by atoms with van der Waals surface area (Å²) < 4.78 is 0. The van der Waals surface area contributed by atoms with Crippen LogP contribution in [0.15, 0.2) is 18.2 Å². The van der Waals surface area contributed by atoms with Gasteiger partial charge in [0.15, 0.2) is 0 Å². The number of benzene rings is 1. The number of nitrogens with two attached hydrogens (primary N) is 1. The first-order valence-corrected chi connectivity index (χ1v) is 6.78. The third kappa shape index (κ3) is 4.15. The number of rotatable bonds is 5. The Bertz CT molecular complexity index is 349. The monoisotopic (exact) mass is 279 g/mol. The van der Waals surface area contributed by atoms with Gasteiger partial charge in [-0.05, 0) is 24.2 Å². The number of halogens is 2. The smallest absolute Gasteiger partial charge is 0.103 e. The van der Waals surface area contributed by atoms with Crippen molar-refractivity contribution >= 4 is 35.0 Å². The lowest BCUT2D eigenvalue weighted by atomic mass is 10.2. The van der Waals surface area contributed by atoms with Crippen LogP contribution in [0, 0.1) is 5.92 Å². The second-order valence-corrected chi connectivity index (χ2v) is 5.60. The van der Waals surface area contributed by atoms with Crippen molar-refractivity contribution in [1.82, 2.24) is 0 Å². The molecule has 0 aliphatic carbocycles. The molecule has 90 valence electrons. The van der Waals surface area contributed by atoms with E-state index >= 15 is 0 Å². The molecule has 0 aliphatic rings. The first-order chi connectivity index (χ1) is 7.54. The Morgan fingerprint density at radius 2 is 2.12 bits per heavy atom. The van der Waals surface area contributed by atoms with Crippen molar-refractivity contribution in [3.8, 4) is 0 Å². The molecule has 1 aromatic carbocycles. The molecule has 0 aliphatic heterocycles. The van der Waals surface area contributed by atoms with E-state index in [0.717, 1.165) is 5.56 Å². The quantitative estimate of drug-likeness (QED) is 0.814. The summed E-state index contributed by atoms with van der Waals surface area (Å²) in [6.07, 6.45) is 0. The third-order valence-electron chi connectivity index (χ3n) is 2.28. The molecule has 0 spiro atoms. The summed E-state index contributed by atoms with van der Waals surface area (Å²) in [6.45, 7) is 2.39. The van der Waals surface area contributed by atoms with Gasteiger partial charge in [-0.2, -0.15) is 0 Å². The average Bonchev–Trinajstić information content (AvgIpc) is 2.26. The maximum atomic E-state index is 9.74. The zero-order chi connectivity index (χ0) is 12.1. The normalized spacial score (nSPS) is 14.8. The molecule has 1 rings (SSSR count). The van der Waals surface area contributed by atoms with Gasteiger partial charge in [-0.15, -0.1) is 11.8 Å². The van der Waals surface area contributed by atoms with E-state index in [9.17, 15) is 5.11 Å². The Morgan fingerprint density at radius 3 is 2.69 bits per heavy atom. The topological polar surface area (TPSA) is 46.2 Å². The van der Waals surface area contributed by atoms with E-state index in [2.05, 4.69) is 0 Å². The van der Waals surface area contributed by atoms with Crippen LogP contribution in [0.4, 0.5) is 0 Å². The lowest BCUT2D eigenvalue weighted by Crippen LogP contribution is -2.22. The standard InChI is InChI=1S/C11H15Cl2NOS/c1-7(5-14)11(15)16-6-8-2-3-9(12)4-10(8)13/h2-4,7,11,15H,5-6,14H2,1H3. The van der Waals surface area contributed by atoms with Crippen LogP contribution in [0.1, 0.15) is 12.5 Å². The van der Waals surface area contributed by atoms with Gasteiger partial charge in [0.05, 0.1) is 0 Å². The van der Waals surface area contributed by atoms with Crippen molar-refractivity contribution in [2.24, 2.45) is 11.7 Å². The number of hydrogen-bond acceptors (Lipinski definition) is 3. The van der Waals surface area contributed by atoms with E-state index in [1.165, 1.54) is 11.8 Å². The second-order valence-electron chi connectivity index (χ2n) is 3.65. The molecule has 0 bridgehead atoms. The lowest BCUT2D eigenvalue weighted by Gasteiger charge is -2.16. The lowest BCUT2D eigenvalue weighted by molar-refractivity contribution is 0.206. The SMILES string of the molecule is CC(CN)C(O)SCc1ccc(Cl)cc1Cl. The van der Waals surface area contributed by atoms with Gasteiger partial charge < -0.3 is 10.8 Å². The Labute approximate surface area is 110 Å². The van der Waals surface area contributed by atoms with E-state index < -0.39 is 5.44 Å². The van der Waals surface area contributed by atoms with E-state index in [1.54, 1.807) is 12.1 Å². The first-order valence-electron chi connectivity index (χ1n) is 4.98. The minimum Gasteiger partial charge on any atom is -0.382 e. The van der Waals surface area contributed by atoms with E-state index in [-0.39, 0.29) is 5.92 Å². The number of hydrogen-bond donors (Lipinski definition) is 2. The summed E-state index contributed by atoms with van der Waals surface area (Å²) in [4.78, 5) is 0. The third-order valence-corrected chi connectivity index (χ3v) is 4.15. The molecule has 1 aromatic rings. The summed E-state index contributed by atoms with van der Waals surface area (Å²) in [5.74, 6) is 0.734. The highest BCUT2D eigenvalue weighted by atomic mass is 35.5. The summed E-state index contributed by atoms with van der Waals surface area (Å²) in [6, 6.07) is 5.37. The predicted octanol–water partition coefficient (Wildman–Crippen LogP) is 3.14. The summed E-state index contributed by atoms with van der Waals surface area (Å²) >= 11 is 13.2. The van der Waals surface area contributed by atoms with Crippen LogP contribution in [0.3, 0.4) is 0 Å². The largest absolute Gasteiger partial charge is 0.382 e. The van der Waals surface area contributed by atoms with E-state index in [1.807, 2.05) is 13.0 Å². The van der Waals surface area contributed by atoms with Crippen LogP contribution in [0.2, 0.25) is 10.0 Å². The van der Waals surface area contributed by atoms with Gasteiger partial charge in [-0.1, -0.05) is 36.2 Å². The van der Waals surface area contributed by atoms with Crippen molar-refractivity contribution < 1.29 is 5.11 Å². The highest BCUT2D eigenvalue weighted by Gasteiger charge is 2.13. The molecule has 0 saturated heterocycles. The zero-order valence-electron chi connectivity index (χ0n) is 8.99. The van der Waals surface area contributed by atoms with Crippen LogP contribution in [0.25, 0.3) is 0 Å². The fourth-order valence-corrected chi connectivity index (χ4v) is 2.69. The van der Waals surface area contributed by atoms with E-state index in [4.69, 9.17) is 28.9 Å². The molecular weight excluding hydrogens is 265 g/mol. The van der Waals surface area contributed by atoms with Crippen LogP contribution in [-0.2, 0) is 5.75 Å². The molecule has 0 radical (unpaired) electrons. The molecule has 16 heavy (non-hydrogen) atoms. The number of aliphatic hydroxyl groups excluding tert-OH is 1. The van der Waals surface area contributed by atoms with Gasteiger partial charge in [-0.3, -0.25) is 0 Å². The van der Waals surface area contributed by atoms with Crippen molar-refractivity contribution in [2.75, 3.05) is 6.54 Å². The first kappa shape index (κ1) is 14.1. The predicted molar refractivity (Wildman–Crippen MR) is 72.0 cm³/mol. The van der Waals surface area contributed by atoms with Gasteiger partial charge in [0.1, 0.15) is 5.44 Å². The molecule has 5 heteroatoms. The summed E-state index contributed by atoms with van der Waals surface area (Å²) in [5.41, 5.74) is 5.99. The Balaban J connectivity index is 2.54. The van der Waals surface area contributed by atoms with Crippen molar-refractivity contribution in [3.05, 3.63) is 33.8 Å². The Kier molecular flexibility index (Phi) is 5.94. The maximum absolute atomic E-state index is 9.74. The summed E-state index contributed by atoms with van der Waals surface area (Å²) in [7, 11) is 0. The van der Waals surface area contributed by atoms with Gasteiger partial charge >= 0.3 is 0 Å². The molecular formula is C11H15Cl2NOS. The summed E-state index contributed by atoms with van der Waals surface area (Å²) in [5, 5.41) is 11.0. The molecule has 0 aromatic heterocycles. The van der Waals surface area contributed by atoms with Gasteiger partial charge in [0.2, 0.25) is 0 Å². The highest BCUT2D eigenvalue weighted by Crippen LogP contribution is 2.27. The fraction of sp³-hybridized carbons (Fsp3) is 0.455. The molecule has 0 amide bonds. The van der Waals surface area contributed by atoms with Gasteiger partial charge in [0.25, 0.3) is 0 Å². The number of aliphatic hydroxyl groups is 1. The van der Waals surface area contributed by atoms with Gasteiger partial charge in [-0.25, -0.2) is 0 Å². The van der Waals surface area contributed by atoms with Crippen LogP contribution < -0.4 is 5.73 Å². The maximum Gasteiger partial charge on any atom is 0.103 e. The molecule has 2 unspecified atom stereocenters. The second kappa shape index (κ2) is 6.72. The molecule has 2 atom stereocenters. The van der Waals surface area contributed by atoms with Crippen molar-refractivity contribution in [1.29, 1.82) is 0 Å². The Morgan fingerprint density at radius 1 is 1.44 bits per heavy atom. The molecule has 0 saturated carbocycles.